The Bertz CT molecular complexity index is 404. The Morgan fingerprint density at radius 1 is 1.59 bits per heavy atom. The molecule has 0 aromatic carbocycles. The van der Waals surface area contributed by atoms with Crippen LogP contribution in [0.5, 0.6) is 0 Å². The van der Waals surface area contributed by atoms with Gasteiger partial charge in [-0.1, -0.05) is 0 Å². The molecule has 0 saturated carbocycles. The number of rotatable bonds is 3. The normalized spacial score (nSPS) is 13.2. The van der Waals surface area contributed by atoms with Gasteiger partial charge in [0.1, 0.15) is 11.6 Å². The summed E-state index contributed by atoms with van der Waals surface area (Å²) in [5, 5.41) is 0.138. The van der Waals surface area contributed by atoms with Crippen molar-refractivity contribution >= 4 is 17.6 Å². The largest absolute Gasteiger partial charge is 0.459 e. The molecular formula is C11H16ClN3O2. The van der Waals surface area contributed by atoms with Crippen LogP contribution in [0.4, 0.5) is 0 Å². The zero-order valence-corrected chi connectivity index (χ0v) is 10.9. The van der Waals surface area contributed by atoms with Gasteiger partial charge < -0.3 is 10.5 Å². The van der Waals surface area contributed by atoms with Crippen LogP contribution in [0.2, 0.25) is 5.28 Å². The summed E-state index contributed by atoms with van der Waals surface area (Å²) in [4.78, 5) is 19.3. The van der Waals surface area contributed by atoms with Crippen molar-refractivity contribution < 1.29 is 9.53 Å². The fourth-order valence-electron chi connectivity index (χ4n) is 1.17. The highest BCUT2D eigenvalue weighted by Gasteiger charge is 2.22. The van der Waals surface area contributed by atoms with E-state index in [1.807, 2.05) is 0 Å². The second-order valence-electron chi connectivity index (χ2n) is 4.66. The number of carbonyl (C=O) groups excluding carboxylic acids is 1. The van der Waals surface area contributed by atoms with E-state index in [1.165, 1.54) is 6.20 Å². The van der Waals surface area contributed by atoms with E-state index in [2.05, 4.69) is 9.97 Å². The molecule has 1 unspecified atom stereocenters. The van der Waals surface area contributed by atoms with Crippen molar-refractivity contribution in [3.63, 3.8) is 0 Å². The Kier molecular flexibility index (Phi) is 4.42. The maximum Gasteiger partial charge on any atom is 0.323 e. The quantitative estimate of drug-likeness (QED) is 0.653. The van der Waals surface area contributed by atoms with Gasteiger partial charge in [0.05, 0.1) is 0 Å². The predicted molar refractivity (Wildman–Crippen MR) is 64.6 cm³/mol. The van der Waals surface area contributed by atoms with Gasteiger partial charge in [0.2, 0.25) is 5.28 Å². The van der Waals surface area contributed by atoms with Crippen LogP contribution in [-0.4, -0.2) is 27.6 Å². The Balaban J connectivity index is 2.60. The molecule has 0 bridgehead atoms. The first-order valence-corrected chi connectivity index (χ1v) is 5.61. The lowest BCUT2D eigenvalue weighted by atomic mass is 10.1. The molecule has 17 heavy (non-hydrogen) atoms. The van der Waals surface area contributed by atoms with E-state index in [1.54, 1.807) is 26.8 Å². The smallest absolute Gasteiger partial charge is 0.323 e. The van der Waals surface area contributed by atoms with E-state index in [0.717, 1.165) is 0 Å². The molecule has 0 aliphatic carbocycles. The van der Waals surface area contributed by atoms with Gasteiger partial charge in [-0.25, -0.2) is 9.97 Å². The van der Waals surface area contributed by atoms with Crippen molar-refractivity contribution in [2.75, 3.05) is 0 Å². The fraction of sp³-hybridized carbons (Fsp3) is 0.545. The van der Waals surface area contributed by atoms with Gasteiger partial charge in [-0.3, -0.25) is 4.79 Å². The molecule has 1 heterocycles. The maximum absolute atomic E-state index is 11.6. The number of hydrogen-bond acceptors (Lipinski definition) is 5. The molecule has 1 rings (SSSR count). The van der Waals surface area contributed by atoms with Crippen molar-refractivity contribution in [2.24, 2.45) is 5.73 Å². The minimum Gasteiger partial charge on any atom is -0.459 e. The summed E-state index contributed by atoms with van der Waals surface area (Å²) >= 11 is 5.64. The van der Waals surface area contributed by atoms with Gasteiger partial charge in [0.25, 0.3) is 0 Å². The van der Waals surface area contributed by atoms with E-state index in [4.69, 9.17) is 22.1 Å². The molecule has 2 N–H and O–H groups in total. The third-order valence-electron chi connectivity index (χ3n) is 1.82. The lowest BCUT2D eigenvalue weighted by Gasteiger charge is -2.22. The van der Waals surface area contributed by atoms with Gasteiger partial charge in [0, 0.05) is 18.3 Å². The van der Waals surface area contributed by atoms with Gasteiger partial charge in [-0.15, -0.1) is 0 Å². The highest BCUT2D eigenvalue weighted by Crippen LogP contribution is 2.10. The lowest BCUT2D eigenvalue weighted by Crippen LogP contribution is -2.39. The first-order chi connectivity index (χ1) is 7.78. The van der Waals surface area contributed by atoms with Crippen molar-refractivity contribution in [3.8, 4) is 0 Å². The summed E-state index contributed by atoms with van der Waals surface area (Å²) in [7, 11) is 0. The minimum absolute atomic E-state index is 0.138. The number of hydrogen-bond donors (Lipinski definition) is 1. The average Bonchev–Trinajstić information content (AvgIpc) is 2.14. The zero-order chi connectivity index (χ0) is 13.1. The Hall–Kier alpha value is -1.20. The molecule has 94 valence electrons. The topological polar surface area (TPSA) is 78.1 Å². The van der Waals surface area contributed by atoms with Crippen LogP contribution < -0.4 is 5.73 Å². The second kappa shape index (κ2) is 5.42. The predicted octanol–water partition coefficient (Wildman–Crippen LogP) is 1.34. The molecule has 0 saturated heterocycles. The number of carbonyl (C=O) groups is 1. The first kappa shape index (κ1) is 13.9. The number of esters is 1. The summed E-state index contributed by atoms with van der Waals surface area (Å²) < 4.78 is 5.16. The Labute approximate surface area is 105 Å². The second-order valence-corrected chi connectivity index (χ2v) is 5.00. The van der Waals surface area contributed by atoms with E-state index < -0.39 is 17.6 Å². The summed E-state index contributed by atoms with van der Waals surface area (Å²) in [6.07, 6.45) is 1.80. The third kappa shape index (κ3) is 5.10. The van der Waals surface area contributed by atoms with Gasteiger partial charge in [-0.05, 0) is 38.4 Å². The number of ether oxygens (including phenoxy) is 1. The van der Waals surface area contributed by atoms with E-state index in [-0.39, 0.29) is 11.7 Å². The fourth-order valence-corrected chi connectivity index (χ4v) is 1.33. The molecule has 1 aromatic heterocycles. The molecule has 1 atom stereocenters. The number of aromatic nitrogens is 2. The van der Waals surface area contributed by atoms with Crippen molar-refractivity contribution in [2.45, 2.75) is 38.8 Å². The summed E-state index contributed by atoms with van der Waals surface area (Å²) in [6.45, 7) is 5.37. The van der Waals surface area contributed by atoms with Gasteiger partial charge in [0.15, 0.2) is 0 Å². The molecule has 0 aliphatic rings. The van der Waals surface area contributed by atoms with Crippen LogP contribution in [0, 0.1) is 0 Å². The average molecular weight is 258 g/mol. The first-order valence-electron chi connectivity index (χ1n) is 5.24. The third-order valence-corrected chi connectivity index (χ3v) is 2.00. The van der Waals surface area contributed by atoms with Crippen molar-refractivity contribution in [1.29, 1.82) is 0 Å². The number of nitrogens with two attached hydrogens (primary N) is 1. The minimum atomic E-state index is -0.750. The van der Waals surface area contributed by atoms with Gasteiger partial charge >= 0.3 is 5.97 Å². The van der Waals surface area contributed by atoms with Crippen LogP contribution >= 0.6 is 11.6 Å². The Morgan fingerprint density at radius 3 is 2.76 bits per heavy atom. The molecule has 6 heteroatoms. The monoisotopic (exact) mass is 257 g/mol. The van der Waals surface area contributed by atoms with Crippen molar-refractivity contribution in [3.05, 3.63) is 23.2 Å². The standard InChI is InChI=1S/C11H16ClN3O2/c1-11(2,3)17-9(16)8(13)6-7-4-5-14-10(12)15-7/h4-5,8H,6,13H2,1-3H3. The summed E-state index contributed by atoms with van der Waals surface area (Å²) in [6, 6.07) is 0.913. The number of halogens is 1. The molecule has 0 amide bonds. The van der Waals surface area contributed by atoms with Crippen molar-refractivity contribution in [1.82, 2.24) is 9.97 Å². The van der Waals surface area contributed by atoms with Crippen LogP contribution in [0.1, 0.15) is 26.5 Å². The van der Waals surface area contributed by atoms with Crippen LogP contribution in [0.15, 0.2) is 12.3 Å². The van der Waals surface area contributed by atoms with Crippen LogP contribution in [0.3, 0.4) is 0 Å². The number of nitrogens with zero attached hydrogens (tertiary/aromatic N) is 2. The Morgan fingerprint density at radius 2 is 2.24 bits per heavy atom. The highest BCUT2D eigenvalue weighted by molar-refractivity contribution is 6.28. The van der Waals surface area contributed by atoms with E-state index in [0.29, 0.717) is 5.69 Å². The molecule has 0 fully saturated rings. The molecule has 1 aromatic rings. The summed E-state index contributed by atoms with van der Waals surface area (Å²) in [5.41, 5.74) is 5.80. The summed E-state index contributed by atoms with van der Waals surface area (Å²) in [5.74, 6) is -0.452. The lowest BCUT2D eigenvalue weighted by molar-refractivity contribution is -0.156. The van der Waals surface area contributed by atoms with E-state index >= 15 is 0 Å². The SMILES string of the molecule is CC(C)(C)OC(=O)C(N)Cc1ccnc(Cl)n1. The van der Waals surface area contributed by atoms with Crippen LogP contribution in [-0.2, 0) is 16.0 Å². The molecular weight excluding hydrogens is 242 g/mol. The molecule has 5 nitrogen and oxygen atoms in total. The highest BCUT2D eigenvalue weighted by atomic mass is 35.5. The molecule has 0 aliphatic heterocycles. The van der Waals surface area contributed by atoms with Crippen LogP contribution in [0.25, 0.3) is 0 Å². The van der Waals surface area contributed by atoms with E-state index in [9.17, 15) is 4.79 Å². The van der Waals surface area contributed by atoms with Gasteiger partial charge in [-0.2, -0.15) is 0 Å². The maximum atomic E-state index is 11.6. The zero-order valence-electron chi connectivity index (χ0n) is 10.1. The molecule has 0 radical (unpaired) electrons. The molecule has 0 spiro atoms.